The topological polar surface area (TPSA) is 115 Å². The van der Waals surface area contributed by atoms with Crippen molar-refractivity contribution in [1.29, 1.82) is 0 Å². The lowest BCUT2D eigenvalue weighted by Gasteiger charge is -2.39. The number of aliphatic imine (C=N–C) groups is 1. The zero-order chi connectivity index (χ0) is 14.9. The lowest BCUT2D eigenvalue weighted by molar-refractivity contribution is -0.158. The van der Waals surface area contributed by atoms with Gasteiger partial charge in [-0.3, -0.25) is 4.99 Å². The van der Waals surface area contributed by atoms with Crippen LogP contribution in [0.5, 0.6) is 0 Å². The second kappa shape index (κ2) is 6.17. The maximum absolute atomic E-state index is 10.7. The molecule has 4 N–H and O–H groups in total. The van der Waals surface area contributed by atoms with Gasteiger partial charge in [-0.15, -0.1) is 0 Å². The number of aliphatic hydroxyl groups is 2. The van der Waals surface area contributed by atoms with Crippen LogP contribution in [-0.4, -0.2) is 81.9 Å². The lowest BCUT2D eigenvalue weighted by atomic mass is 9.96. The Morgan fingerprint density at radius 3 is 2.80 bits per heavy atom. The average molecular weight is 305 g/mol. The van der Waals surface area contributed by atoms with Gasteiger partial charge >= 0.3 is 6.09 Å². The van der Waals surface area contributed by atoms with Gasteiger partial charge in [-0.1, -0.05) is 11.8 Å². The van der Waals surface area contributed by atoms with E-state index in [2.05, 4.69) is 10.3 Å². The average Bonchev–Trinajstić information content (AvgIpc) is 2.84. The van der Waals surface area contributed by atoms with Gasteiger partial charge in [0, 0.05) is 20.6 Å². The quantitative estimate of drug-likeness (QED) is 0.535. The second-order valence-electron chi connectivity index (χ2n) is 4.83. The van der Waals surface area contributed by atoms with Crippen LogP contribution in [-0.2, 0) is 4.74 Å². The van der Waals surface area contributed by atoms with Gasteiger partial charge in [0.1, 0.15) is 17.6 Å². The minimum Gasteiger partial charge on any atom is -0.465 e. The summed E-state index contributed by atoms with van der Waals surface area (Å²) in [6, 6.07) is -0.401. The minimum absolute atomic E-state index is 0.230. The third-order valence-corrected chi connectivity index (χ3v) is 4.66. The molecular weight excluding hydrogens is 286 g/mol. The molecule has 8 nitrogen and oxygen atoms in total. The number of fused-ring (bicyclic) bond motifs is 1. The van der Waals surface area contributed by atoms with E-state index in [-0.39, 0.29) is 12.0 Å². The van der Waals surface area contributed by atoms with E-state index in [4.69, 9.17) is 9.84 Å². The summed E-state index contributed by atoms with van der Waals surface area (Å²) in [6.07, 6.45) is -3.34. The standard InChI is InChI=1S/C11H19N3O5S/c1-12-10-13-6-8(16)7(15)5(19-9(6)20-10)3-4-14(2)11(17)18/h5-9,15-16H,3-4H2,1-2H3,(H,12,13)(H,17,18)/t5-,6-,7-,8-,9-/m1/s1. The summed E-state index contributed by atoms with van der Waals surface area (Å²) >= 11 is 1.36. The van der Waals surface area contributed by atoms with Gasteiger partial charge in [0.2, 0.25) is 0 Å². The van der Waals surface area contributed by atoms with E-state index in [0.29, 0.717) is 11.6 Å². The molecule has 0 spiro atoms. The Kier molecular flexibility index (Phi) is 4.74. The summed E-state index contributed by atoms with van der Waals surface area (Å²) in [6.45, 7) is 0.230. The third-order valence-electron chi connectivity index (χ3n) is 3.50. The normalized spacial score (nSPS) is 38.4. The molecule has 0 aromatic heterocycles. The molecule has 1 amide bonds. The molecule has 0 aromatic carbocycles. The molecule has 114 valence electrons. The molecular formula is C11H19N3O5S. The minimum atomic E-state index is -1.05. The van der Waals surface area contributed by atoms with E-state index >= 15 is 0 Å². The molecule has 2 saturated heterocycles. The number of aliphatic hydroxyl groups excluding tert-OH is 2. The van der Waals surface area contributed by atoms with Crippen molar-refractivity contribution in [2.45, 2.75) is 36.2 Å². The van der Waals surface area contributed by atoms with Crippen molar-refractivity contribution >= 4 is 23.0 Å². The largest absolute Gasteiger partial charge is 0.465 e. The van der Waals surface area contributed by atoms with E-state index in [1.807, 2.05) is 0 Å². The van der Waals surface area contributed by atoms with Crippen LogP contribution in [0.1, 0.15) is 6.42 Å². The van der Waals surface area contributed by atoms with Gasteiger partial charge < -0.3 is 30.3 Å². The van der Waals surface area contributed by atoms with Crippen molar-refractivity contribution < 1.29 is 24.9 Å². The summed E-state index contributed by atoms with van der Waals surface area (Å²) in [4.78, 5) is 15.8. The molecule has 20 heavy (non-hydrogen) atoms. The first-order chi connectivity index (χ1) is 9.43. The highest BCUT2D eigenvalue weighted by Gasteiger charge is 2.48. The molecule has 0 saturated carbocycles. The highest BCUT2D eigenvalue weighted by molar-refractivity contribution is 8.14. The van der Waals surface area contributed by atoms with Crippen molar-refractivity contribution in [3.05, 3.63) is 0 Å². The Balaban J connectivity index is 1.97. The van der Waals surface area contributed by atoms with Gasteiger partial charge in [-0.05, 0) is 6.42 Å². The van der Waals surface area contributed by atoms with Crippen molar-refractivity contribution in [2.75, 3.05) is 20.6 Å². The molecule has 0 aliphatic carbocycles. The lowest BCUT2D eigenvalue weighted by Crippen LogP contribution is -2.59. The molecule has 2 aliphatic heterocycles. The number of amidine groups is 1. The molecule has 0 radical (unpaired) electrons. The number of hydrogen-bond acceptors (Lipinski definition) is 6. The number of carboxylic acid groups (broad SMARTS) is 1. The van der Waals surface area contributed by atoms with Crippen LogP contribution in [0.2, 0.25) is 0 Å². The monoisotopic (exact) mass is 305 g/mol. The fourth-order valence-electron chi connectivity index (χ4n) is 2.24. The maximum atomic E-state index is 10.7. The Labute approximate surface area is 120 Å². The summed E-state index contributed by atoms with van der Waals surface area (Å²) in [5, 5.41) is 32.6. The van der Waals surface area contributed by atoms with Crippen molar-refractivity contribution in [3.8, 4) is 0 Å². The zero-order valence-electron chi connectivity index (χ0n) is 11.3. The molecule has 0 unspecified atom stereocenters. The maximum Gasteiger partial charge on any atom is 0.407 e. The molecule has 0 bridgehead atoms. The second-order valence-corrected chi connectivity index (χ2v) is 5.92. The fourth-order valence-corrected chi connectivity index (χ4v) is 3.35. The highest BCUT2D eigenvalue weighted by atomic mass is 32.2. The first-order valence-corrected chi connectivity index (χ1v) is 7.17. The van der Waals surface area contributed by atoms with Gasteiger partial charge in [0.15, 0.2) is 5.17 Å². The Morgan fingerprint density at radius 2 is 2.20 bits per heavy atom. The predicted molar refractivity (Wildman–Crippen MR) is 73.8 cm³/mol. The number of rotatable bonds is 3. The van der Waals surface area contributed by atoms with Crippen molar-refractivity contribution in [3.63, 3.8) is 0 Å². The van der Waals surface area contributed by atoms with Crippen LogP contribution in [0.15, 0.2) is 4.99 Å². The smallest absolute Gasteiger partial charge is 0.407 e. The van der Waals surface area contributed by atoms with Crippen LogP contribution < -0.4 is 5.32 Å². The van der Waals surface area contributed by atoms with Gasteiger partial charge in [0.25, 0.3) is 0 Å². The summed E-state index contributed by atoms with van der Waals surface area (Å²) < 4.78 is 5.75. The van der Waals surface area contributed by atoms with Crippen LogP contribution in [0.4, 0.5) is 4.79 Å². The van der Waals surface area contributed by atoms with Crippen LogP contribution >= 0.6 is 11.8 Å². The number of nitrogens with one attached hydrogen (secondary N) is 1. The number of nitrogens with zero attached hydrogens (tertiary/aromatic N) is 2. The molecule has 2 heterocycles. The van der Waals surface area contributed by atoms with Crippen molar-refractivity contribution in [1.82, 2.24) is 10.2 Å². The van der Waals surface area contributed by atoms with Gasteiger partial charge in [-0.2, -0.15) is 0 Å². The molecule has 5 atom stereocenters. The first-order valence-electron chi connectivity index (χ1n) is 6.29. The van der Waals surface area contributed by atoms with E-state index < -0.39 is 30.4 Å². The van der Waals surface area contributed by atoms with Gasteiger partial charge in [-0.25, -0.2) is 4.79 Å². The SMILES string of the molecule is CN=C1N[C@@H]2[C@@H](O)[C@H](O)[C@@H](CCN(C)C(=O)O)O[C@@H]2S1. The van der Waals surface area contributed by atoms with Gasteiger partial charge in [0.05, 0.1) is 12.1 Å². The Morgan fingerprint density at radius 1 is 1.50 bits per heavy atom. The Bertz CT molecular complexity index is 408. The third kappa shape index (κ3) is 3.00. The number of amides is 1. The molecule has 9 heteroatoms. The first kappa shape index (κ1) is 15.4. The van der Waals surface area contributed by atoms with E-state index in [1.54, 1.807) is 7.05 Å². The molecule has 0 aromatic rings. The van der Waals surface area contributed by atoms with Crippen LogP contribution in [0.3, 0.4) is 0 Å². The number of carbonyl (C=O) groups is 1. The predicted octanol–water partition coefficient (Wildman–Crippen LogP) is -0.876. The Hall–Kier alpha value is -1.03. The van der Waals surface area contributed by atoms with E-state index in [1.165, 1.54) is 18.8 Å². The molecule has 2 rings (SSSR count). The fraction of sp³-hybridized carbons (Fsp3) is 0.818. The summed E-state index contributed by atoms with van der Waals surface area (Å²) in [7, 11) is 3.08. The number of hydrogen-bond donors (Lipinski definition) is 4. The van der Waals surface area contributed by atoms with Crippen LogP contribution in [0.25, 0.3) is 0 Å². The zero-order valence-corrected chi connectivity index (χ0v) is 12.1. The van der Waals surface area contributed by atoms with Crippen molar-refractivity contribution in [2.24, 2.45) is 4.99 Å². The number of thioether (sulfide) groups is 1. The van der Waals surface area contributed by atoms with E-state index in [9.17, 15) is 15.0 Å². The van der Waals surface area contributed by atoms with E-state index in [0.717, 1.165) is 4.90 Å². The van der Waals surface area contributed by atoms with Crippen LogP contribution in [0, 0.1) is 0 Å². The summed E-state index contributed by atoms with van der Waals surface area (Å²) in [5.74, 6) is 0. The number of ether oxygens (including phenoxy) is 1. The molecule has 2 aliphatic rings. The molecule has 2 fully saturated rings. The summed E-state index contributed by atoms with van der Waals surface area (Å²) in [5.41, 5.74) is -0.327. The highest BCUT2D eigenvalue weighted by Crippen LogP contribution is 2.34.